The minimum absolute atomic E-state index is 0.121. The summed E-state index contributed by atoms with van der Waals surface area (Å²) < 4.78 is 16.7. The number of carbonyl (C=O) groups is 3. The Bertz CT molecular complexity index is 1330. The predicted molar refractivity (Wildman–Crippen MR) is 270 cm³/mol. The molecule has 0 aromatic heterocycles. The van der Waals surface area contributed by atoms with Gasteiger partial charge < -0.3 is 14.2 Å². The highest BCUT2D eigenvalue weighted by Crippen LogP contribution is 2.13. The van der Waals surface area contributed by atoms with E-state index in [4.69, 9.17) is 14.2 Å². The van der Waals surface area contributed by atoms with Crippen LogP contribution in [0.5, 0.6) is 0 Å². The predicted octanol–water partition coefficient (Wildman–Crippen LogP) is 16.8. The first-order valence-electron chi connectivity index (χ1n) is 25.4. The van der Waals surface area contributed by atoms with Gasteiger partial charge in [-0.1, -0.05) is 207 Å². The molecule has 0 N–H and O–H groups in total. The fourth-order valence-corrected chi connectivity index (χ4v) is 6.47. The van der Waals surface area contributed by atoms with Crippen molar-refractivity contribution in [3.05, 3.63) is 109 Å². The van der Waals surface area contributed by atoms with E-state index in [0.29, 0.717) is 25.7 Å². The van der Waals surface area contributed by atoms with E-state index in [0.717, 1.165) is 83.5 Å². The average Bonchev–Trinajstić information content (AvgIpc) is 3.28. The van der Waals surface area contributed by atoms with E-state index >= 15 is 0 Å². The van der Waals surface area contributed by atoms with Crippen molar-refractivity contribution in [2.45, 2.75) is 219 Å². The van der Waals surface area contributed by atoms with Crippen LogP contribution < -0.4 is 0 Å². The molecule has 0 bridgehead atoms. The molecule has 0 saturated carbocycles. The summed E-state index contributed by atoms with van der Waals surface area (Å²) in [6.45, 7) is 6.37. The van der Waals surface area contributed by atoms with E-state index in [2.05, 4.69) is 118 Å². The first kappa shape index (κ1) is 59.1. The molecule has 0 spiro atoms. The number of hydrogen-bond acceptors (Lipinski definition) is 6. The van der Waals surface area contributed by atoms with Gasteiger partial charge in [-0.15, -0.1) is 0 Å². The lowest BCUT2D eigenvalue weighted by Crippen LogP contribution is -2.30. The molecule has 0 rings (SSSR count). The average molecular weight is 873 g/mol. The summed E-state index contributed by atoms with van der Waals surface area (Å²) in [6.07, 6.45) is 68.0. The first-order chi connectivity index (χ1) is 31.0. The molecule has 63 heavy (non-hydrogen) atoms. The zero-order chi connectivity index (χ0) is 45.8. The minimum Gasteiger partial charge on any atom is -0.462 e. The molecule has 0 aromatic carbocycles. The first-order valence-corrected chi connectivity index (χ1v) is 25.4. The molecule has 0 fully saturated rings. The van der Waals surface area contributed by atoms with E-state index in [1.54, 1.807) is 0 Å². The smallest absolute Gasteiger partial charge is 0.306 e. The minimum atomic E-state index is -0.833. The highest BCUT2D eigenvalue weighted by atomic mass is 16.6. The van der Waals surface area contributed by atoms with Crippen LogP contribution in [-0.4, -0.2) is 37.2 Å². The van der Waals surface area contributed by atoms with E-state index in [9.17, 15) is 14.4 Å². The van der Waals surface area contributed by atoms with Gasteiger partial charge in [0.25, 0.3) is 0 Å². The Labute approximate surface area is 387 Å². The van der Waals surface area contributed by atoms with Crippen molar-refractivity contribution in [2.24, 2.45) is 0 Å². The van der Waals surface area contributed by atoms with Crippen molar-refractivity contribution >= 4 is 17.9 Å². The van der Waals surface area contributed by atoms with E-state index in [-0.39, 0.29) is 31.6 Å². The second kappa shape index (κ2) is 50.7. The largest absolute Gasteiger partial charge is 0.462 e. The summed E-state index contributed by atoms with van der Waals surface area (Å²) in [5, 5.41) is 0. The standard InChI is InChI=1S/C57H92O6/c1-4-7-10-13-16-19-22-24-26-27-28-29-31-33-36-39-42-45-48-51-57(60)63-54(52-61-55(58)49-46-43-40-37-34-21-18-15-12-9-6-3)53-62-56(59)50-47-44-41-38-35-32-30-25-23-20-17-14-11-8-5-2/h7,10,16-17,19-20,24-26,28-30,33,35-36,38,42,45,54H,4-6,8-9,11-15,18,21-23,27,31-32,34,37,39-41,43-44,46-53H2,1-3H3/b10-7-,19-16-,20-17-,26-24-,29-28-,30-25-,36-33-,38-35-,45-42-/t54-/m0/s1. The van der Waals surface area contributed by atoms with Gasteiger partial charge in [-0.3, -0.25) is 14.4 Å². The van der Waals surface area contributed by atoms with E-state index in [1.165, 1.54) is 77.0 Å². The van der Waals surface area contributed by atoms with Crippen molar-refractivity contribution in [1.29, 1.82) is 0 Å². The van der Waals surface area contributed by atoms with Gasteiger partial charge in [0.15, 0.2) is 6.10 Å². The van der Waals surface area contributed by atoms with Crippen molar-refractivity contribution < 1.29 is 28.6 Å². The molecule has 0 aromatic rings. The molecule has 0 aliphatic heterocycles. The van der Waals surface area contributed by atoms with Crippen LogP contribution in [0.25, 0.3) is 0 Å². The number of ether oxygens (including phenoxy) is 3. The normalized spacial score (nSPS) is 13.0. The Morgan fingerprint density at radius 3 is 1.06 bits per heavy atom. The summed E-state index contributed by atoms with van der Waals surface area (Å²) in [5.74, 6) is -1.05. The summed E-state index contributed by atoms with van der Waals surface area (Å²) in [6, 6.07) is 0. The molecule has 0 unspecified atom stereocenters. The lowest BCUT2D eigenvalue weighted by atomic mass is 10.1. The van der Waals surface area contributed by atoms with Crippen molar-refractivity contribution in [2.75, 3.05) is 13.2 Å². The summed E-state index contributed by atoms with van der Waals surface area (Å²) in [7, 11) is 0. The lowest BCUT2D eigenvalue weighted by molar-refractivity contribution is -0.166. The van der Waals surface area contributed by atoms with Gasteiger partial charge in [-0.2, -0.15) is 0 Å². The SMILES string of the molecule is CC/C=C\C/C=C\C/C=C\C/C=C\C/C=C\C/C=C\CCC(=O)O[C@H](COC(=O)CCCC/C=C\C/C=C\C/C=C\CCCCC)COC(=O)CCCCCCCCCCCCC. The molecule has 6 nitrogen and oxygen atoms in total. The molecule has 0 radical (unpaired) electrons. The number of hydrogen-bond donors (Lipinski definition) is 0. The molecule has 356 valence electrons. The van der Waals surface area contributed by atoms with Crippen LogP contribution >= 0.6 is 0 Å². The Kier molecular flexibility index (Phi) is 47.5. The van der Waals surface area contributed by atoms with Crippen LogP contribution in [0.2, 0.25) is 0 Å². The number of carbonyl (C=O) groups excluding carboxylic acids is 3. The monoisotopic (exact) mass is 873 g/mol. The maximum absolute atomic E-state index is 12.8. The second-order valence-corrected chi connectivity index (χ2v) is 16.3. The van der Waals surface area contributed by atoms with Gasteiger partial charge >= 0.3 is 17.9 Å². The van der Waals surface area contributed by atoms with Crippen LogP contribution in [0.4, 0.5) is 0 Å². The van der Waals surface area contributed by atoms with Crippen LogP contribution in [-0.2, 0) is 28.6 Å². The lowest BCUT2D eigenvalue weighted by Gasteiger charge is -2.18. The summed E-state index contributed by atoms with van der Waals surface area (Å²) in [4.78, 5) is 37.9. The number of allylic oxidation sites excluding steroid dienone is 18. The van der Waals surface area contributed by atoms with Gasteiger partial charge in [0.1, 0.15) is 13.2 Å². The van der Waals surface area contributed by atoms with Crippen LogP contribution in [0.15, 0.2) is 109 Å². The third-order valence-electron chi connectivity index (χ3n) is 10.3. The third-order valence-corrected chi connectivity index (χ3v) is 10.3. The van der Waals surface area contributed by atoms with Crippen LogP contribution in [0.3, 0.4) is 0 Å². The highest BCUT2D eigenvalue weighted by Gasteiger charge is 2.19. The van der Waals surface area contributed by atoms with Crippen LogP contribution in [0, 0.1) is 0 Å². The second-order valence-electron chi connectivity index (χ2n) is 16.3. The Morgan fingerprint density at radius 2 is 0.651 bits per heavy atom. The molecule has 1 atom stereocenters. The molecule has 0 heterocycles. The van der Waals surface area contributed by atoms with Crippen molar-refractivity contribution in [3.8, 4) is 0 Å². The molecular formula is C57H92O6. The van der Waals surface area contributed by atoms with Gasteiger partial charge in [-0.25, -0.2) is 0 Å². The van der Waals surface area contributed by atoms with Gasteiger partial charge in [0.2, 0.25) is 0 Å². The molecule has 0 amide bonds. The van der Waals surface area contributed by atoms with Gasteiger partial charge in [0, 0.05) is 19.3 Å². The summed E-state index contributed by atoms with van der Waals surface area (Å²) >= 11 is 0. The third kappa shape index (κ3) is 49.0. The van der Waals surface area contributed by atoms with Gasteiger partial charge in [-0.05, 0) is 96.3 Å². The molecule has 6 heteroatoms. The Morgan fingerprint density at radius 1 is 0.333 bits per heavy atom. The zero-order valence-corrected chi connectivity index (χ0v) is 40.5. The van der Waals surface area contributed by atoms with E-state index < -0.39 is 12.1 Å². The molecular weight excluding hydrogens is 781 g/mol. The number of unbranched alkanes of at least 4 members (excludes halogenated alkanes) is 15. The number of rotatable bonds is 44. The molecule has 0 aliphatic carbocycles. The zero-order valence-electron chi connectivity index (χ0n) is 40.5. The fraction of sp³-hybridized carbons (Fsp3) is 0.632. The fourth-order valence-electron chi connectivity index (χ4n) is 6.47. The van der Waals surface area contributed by atoms with Crippen molar-refractivity contribution in [3.63, 3.8) is 0 Å². The quantitative estimate of drug-likeness (QED) is 0.0263. The Hall–Kier alpha value is -3.93. The molecule has 0 saturated heterocycles. The molecule has 0 aliphatic rings. The maximum atomic E-state index is 12.8. The van der Waals surface area contributed by atoms with Gasteiger partial charge in [0.05, 0.1) is 0 Å². The maximum Gasteiger partial charge on any atom is 0.306 e. The van der Waals surface area contributed by atoms with Crippen LogP contribution in [0.1, 0.15) is 213 Å². The Balaban J connectivity index is 4.57. The van der Waals surface area contributed by atoms with E-state index in [1.807, 2.05) is 12.2 Å². The summed E-state index contributed by atoms with van der Waals surface area (Å²) in [5.41, 5.74) is 0. The topological polar surface area (TPSA) is 78.9 Å². The van der Waals surface area contributed by atoms with Crippen molar-refractivity contribution in [1.82, 2.24) is 0 Å². The number of esters is 3. The highest BCUT2D eigenvalue weighted by molar-refractivity contribution is 5.71.